The fraction of sp³-hybridized carbons (Fsp3) is 0.312. The molecule has 0 atom stereocenters. The van der Waals surface area contributed by atoms with E-state index in [1.165, 1.54) is 23.3 Å². The van der Waals surface area contributed by atoms with Crippen molar-refractivity contribution < 1.29 is 0 Å². The SMILES string of the molecule is C=C(C)Cn1c(Sc2nc(C(C)C)ns2)nnc1-c1ccncc1. The number of hydrogen-bond acceptors (Lipinski definition) is 7. The van der Waals surface area contributed by atoms with E-state index in [2.05, 4.69) is 49.5 Å². The van der Waals surface area contributed by atoms with Crippen molar-refractivity contribution in [3.8, 4) is 11.4 Å². The number of aromatic nitrogens is 6. The van der Waals surface area contributed by atoms with E-state index in [-0.39, 0.29) is 0 Å². The highest BCUT2D eigenvalue weighted by molar-refractivity contribution is 8.00. The van der Waals surface area contributed by atoms with E-state index in [0.29, 0.717) is 12.5 Å². The van der Waals surface area contributed by atoms with Crippen LogP contribution >= 0.6 is 23.3 Å². The summed E-state index contributed by atoms with van der Waals surface area (Å²) in [6, 6.07) is 3.85. The molecule has 0 unspecified atom stereocenters. The van der Waals surface area contributed by atoms with Crippen LogP contribution in [0.2, 0.25) is 0 Å². The Balaban J connectivity index is 1.95. The number of rotatable bonds is 6. The Labute approximate surface area is 149 Å². The van der Waals surface area contributed by atoms with Gasteiger partial charge in [-0.15, -0.1) is 10.2 Å². The fourth-order valence-electron chi connectivity index (χ4n) is 2.07. The number of nitrogens with zero attached hydrogens (tertiary/aromatic N) is 6. The van der Waals surface area contributed by atoms with Gasteiger partial charge in [-0.25, -0.2) is 4.98 Å². The van der Waals surface area contributed by atoms with Crippen molar-refractivity contribution in [2.45, 2.75) is 42.7 Å². The van der Waals surface area contributed by atoms with Crippen molar-refractivity contribution in [1.29, 1.82) is 0 Å². The van der Waals surface area contributed by atoms with Gasteiger partial charge in [0.25, 0.3) is 0 Å². The molecule has 3 heterocycles. The van der Waals surface area contributed by atoms with Gasteiger partial charge in [-0.2, -0.15) is 4.37 Å². The topological polar surface area (TPSA) is 69.4 Å². The second-order valence-electron chi connectivity index (χ2n) is 5.76. The number of pyridine rings is 1. The summed E-state index contributed by atoms with van der Waals surface area (Å²) in [5.74, 6) is 1.98. The molecule has 0 bridgehead atoms. The Morgan fingerprint density at radius 3 is 2.67 bits per heavy atom. The number of allylic oxidation sites excluding steroid dienone is 1. The van der Waals surface area contributed by atoms with Crippen LogP contribution in [0.25, 0.3) is 11.4 Å². The highest BCUT2D eigenvalue weighted by Gasteiger charge is 2.17. The van der Waals surface area contributed by atoms with Crippen LogP contribution in [0.1, 0.15) is 32.5 Å². The molecule has 0 amide bonds. The molecule has 3 aromatic rings. The summed E-state index contributed by atoms with van der Waals surface area (Å²) in [7, 11) is 0. The molecule has 6 nitrogen and oxygen atoms in total. The smallest absolute Gasteiger partial charge is 0.198 e. The summed E-state index contributed by atoms with van der Waals surface area (Å²) < 4.78 is 7.32. The second-order valence-corrected chi connectivity index (χ2v) is 7.73. The van der Waals surface area contributed by atoms with Crippen LogP contribution in [-0.4, -0.2) is 29.1 Å². The van der Waals surface area contributed by atoms with Gasteiger partial charge in [0.1, 0.15) is 5.82 Å². The highest BCUT2D eigenvalue weighted by atomic mass is 32.2. The lowest BCUT2D eigenvalue weighted by molar-refractivity contribution is 0.705. The summed E-state index contributed by atoms with van der Waals surface area (Å²) in [6.45, 7) is 10.8. The Bertz CT molecular complexity index is 837. The molecule has 0 N–H and O–H groups in total. The molecule has 0 saturated heterocycles. The molecule has 0 aliphatic rings. The summed E-state index contributed by atoms with van der Waals surface area (Å²) in [5.41, 5.74) is 2.01. The zero-order chi connectivity index (χ0) is 17.1. The third-order valence-corrected chi connectivity index (χ3v) is 4.95. The van der Waals surface area contributed by atoms with Gasteiger partial charge in [0.2, 0.25) is 0 Å². The van der Waals surface area contributed by atoms with Gasteiger partial charge < -0.3 is 0 Å². The van der Waals surface area contributed by atoms with Gasteiger partial charge in [0.15, 0.2) is 15.3 Å². The maximum atomic E-state index is 4.56. The first-order valence-electron chi connectivity index (χ1n) is 7.54. The van der Waals surface area contributed by atoms with Gasteiger partial charge in [-0.05, 0) is 42.4 Å². The van der Waals surface area contributed by atoms with E-state index in [4.69, 9.17) is 0 Å². The quantitative estimate of drug-likeness (QED) is 0.619. The number of hydrogen-bond donors (Lipinski definition) is 0. The molecule has 0 fully saturated rings. The summed E-state index contributed by atoms with van der Waals surface area (Å²) in [4.78, 5) is 8.62. The van der Waals surface area contributed by atoms with Gasteiger partial charge in [-0.3, -0.25) is 9.55 Å². The fourth-order valence-corrected chi connectivity index (χ4v) is 3.75. The van der Waals surface area contributed by atoms with Crippen LogP contribution in [0.4, 0.5) is 0 Å². The van der Waals surface area contributed by atoms with E-state index in [1.54, 1.807) is 12.4 Å². The van der Waals surface area contributed by atoms with Crippen LogP contribution in [0, 0.1) is 0 Å². The van der Waals surface area contributed by atoms with Crippen molar-refractivity contribution in [3.63, 3.8) is 0 Å². The Morgan fingerprint density at radius 1 is 1.29 bits per heavy atom. The summed E-state index contributed by atoms with van der Waals surface area (Å²) >= 11 is 2.88. The van der Waals surface area contributed by atoms with Gasteiger partial charge >= 0.3 is 0 Å². The third kappa shape index (κ3) is 3.70. The lowest BCUT2D eigenvalue weighted by Crippen LogP contribution is -2.03. The van der Waals surface area contributed by atoms with Crippen LogP contribution in [0.3, 0.4) is 0 Å². The Hall–Kier alpha value is -2.06. The van der Waals surface area contributed by atoms with Gasteiger partial charge in [-0.1, -0.05) is 26.0 Å². The monoisotopic (exact) mass is 358 g/mol. The average Bonchev–Trinajstić information content (AvgIpc) is 3.16. The summed E-state index contributed by atoms with van der Waals surface area (Å²) in [5, 5.41) is 9.49. The van der Waals surface area contributed by atoms with Gasteiger partial charge in [0, 0.05) is 30.4 Å². The first-order valence-corrected chi connectivity index (χ1v) is 9.13. The minimum Gasteiger partial charge on any atom is -0.298 e. The maximum Gasteiger partial charge on any atom is 0.198 e. The first-order chi connectivity index (χ1) is 11.5. The Morgan fingerprint density at radius 2 is 2.04 bits per heavy atom. The highest BCUT2D eigenvalue weighted by Crippen LogP contribution is 2.31. The molecule has 3 rings (SSSR count). The molecular formula is C16H18N6S2. The molecule has 24 heavy (non-hydrogen) atoms. The molecular weight excluding hydrogens is 340 g/mol. The zero-order valence-electron chi connectivity index (χ0n) is 13.8. The molecule has 0 radical (unpaired) electrons. The predicted molar refractivity (Wildman–Crippen MR) is 96.2 cm³/mol. The molecule has 0 aliphatic carbocycles. The van der Waals surface area contributed by atoms with Crippen molar-refractivity contribution in [2.24, 2.45) is 0 Å². The minimum atomic E-state index is 0.316. The Kier molecular flexibility index (Phi) is 5.06. The molecule has 0 aromatic carbocycles. The van der Waals surface area contributed by atoms with Crippen molar-refractivity contribution in [2.75, 3.05) is 0 Å². The first kappa shape index (κ1) is 16.8. The average molecular weight is 358 g/mol. The maximum absolute atomic E-state index is 4.56. The van der Waals surface area contributed by atoms with Crippen molar-refractivity contribution >= 4 is 23.3 Å². The van der Waals surface area contributed by atoms with Crippen LogP contribution < -0.4 is 0 Å². The van der Waals surface area contributed by atoms with Gasteiger partial charge in [0.05, 0.1) is 0 Å². The van der Waals surface area contributed by atoms with Crippen molar-refractivity contribution in [1.82, 2.24) is 29.1 Å². The van der Waals surface area contributed by atoms with E-state index < -0.39 is 0 Å². The van der Waals surface area contributed by atoms with Crippen LogP contribution in [-0.2, 0) is 6.54 Å². The van der Waals surface area contributed by atoms with Crippen molar-refractivity contribution in [3.05, 3.63) is 42.5 Å². The minimum absolute atomic E-state index is 0.316. The van der Waals surface area contributed by atoms with E-state index >= 15 is 0 Å². The molecule has 0 spiro atoms. The lowest BCUT2D eigenvalue weighted by atomic mass is 10.2. The molecule has 0 saturated carbocycles. The molecule has 124 valence electrons. The predicted octanol–water partition coefficient (Wildman–Crippen LogP) is 4.04. The van der Waals surface area contributed by atoms with E-state index in [0.717, 1.165) is 32.3 Å². The molecule has 3 aromatic heterocycles. The normalized spacial score (nSPS) is 11.2. The van der Waals surface area contributed by atoms with E-state index in [9.17, 15) is 0 Å². The lowest BCUT2D eigenvalue weighted by Gasteiger charge is -2.09. The molecule has 8 heteroatoms. The molecule has 0 aliphatic heterocycles. The second kappa shape index (κ2) is 7.23. The third-order valence-electron chi connectivity index (χ3n) is 3.20. The largest absolute Gasteiger partial charge is 0.298 e. The summed E-state index contributed by atoms with van der Waals surface area (Å²) in [6.07, 6.45) is 3.50. The standard InChI is InChI=1S/C16H18N6S2/c1-10(2)9-22-14(12-5-7-17-8-6-12)19-20-15(22)23-16-18-13(11(3)4)21-24-16/h5-8,11H,1,9H2,2-4H3. The van der Waals surface area contributed by atoms with Crippen LogP contribution in [0.15, 0.2) is 46.2 Å². The zero-order valence-corrected chi connectivity index (χ0v) is 15.4. The van der Waals surface area contributed by atoms with Crippen LogP contribution in [0.5, 0.6) is 0 Å². The van der Waals surface area contributed by atoms with E-state index in [1.807, 2.05) is 19.1 Å².